The number of carbonyl (C=O) groups excluding carboxylic acids is 2. The van der Waals surface area contributed by atoms with Crippen LogP contribution in [0.1, 0.15) is 92.4 Å². The Balaban J connectivity index is 1.23. The minimum atomic E-state index is -1.33. The molecule has 6 fully saturated rings. The van der Waals surface area contributed by atoms with Crippen molar-refractivity contribution in [1.29, 1.82) is 0 Å². The van der Waals surface area contributed by atoms with Crippen molar-refractivity contribution in [1.82, 2.24) is 0 Å². The number of esters is 2. The van der Waals surface area contributed by atoms with E-state index >= 15 is 0 Å². The number of ether oxygens (including phenoxy) is 2. The van der Waals surface area contributed by atoms with E-state index in [0.29, 0.717) is 29.1 Å². The molecule has 1 N–H and O–H groups in total. The molecule has 2 spiro atoms. The summed E-state index contributed by atoms with van der Waals surface area (Å²) in [5.41, 5.74) is -0.883. The van der Waals surface area contributed by atoms with Gasteiger partial charge in [-0.1, -0.05) is 19.9 Å². The Kier molecular flexibility index (Phi) is 4.15. The number of hydrogen-bond acceptors (Lipinski definition) is 5. The Morgan fingerprint density at radius 2 is 1.66 bits per heavy atom. The van der Waals surface area contributed by atoms with Gasteiger partial charge in [0.1, 0.15) is 11.7 Å². The van der Waals surface area contributed by atoms with E-state index in [4.69, 9.17) is 9.47 Å². The second kappa shape index (κ2) is 6.37. The molecule has 0 aromatic carbocycles. The van der Waals surface area contributed by atoms with Crippen LogP contribution in [0, 0.1) is 51.2 Å². The van der Waals surface area contributed by atoms with Crippen LogP contribution < -0.4 is 0 Å². The summed E-state index contributed by atoms with van der Waals surface area (Å²) < 4.78 is 11.8. The van der Waals surface area contributed by atoms with E-state index in [2.05, 4.69) is 33.8 Å². The number of allylic oxidation sites excluding steroid dienone is 1. The largest absolute Gasteiger partial charge is 0.460 e. The number of hydrogen-bond donors (Lipinski definition) is 1. The predicted molar refractivity (Wildman–Crippen MR) is 130 cm³/mol. The molecule has 35 heavy (non-hydrogen) atoms. The maximum atomic E-state index is 12.5. The van der Waals surface area contributed by atoms with Crippen LogP contribution in [-0.2, 0) is 19.1 Å². The van der Waals surface area contributed by atoms with E-state index in [1.54, 1.807) is 13.0 Å². The summed E-state index contributed by atoms with van der Waals surface area (Å²) in [4.78, 5) is 25.0. The number of carbonyl (C=O) groups is 2. The quantitative estimate of drug-likeness (QED) is 0.520. The molecule has 2 aliphatic heterocycles. The van der Waals surface area contributed by atoms with Gasteiger partial charge in [-0.25, -0.2) is 9.59 Å². The molecule has 5 heteroatoms. The fourth-order valence-electron chi connectivity index (χ4n) is 11.7. The summed E-state index contributed by atoms with van der Waals surface area (Å²) in [5.74, 6) is 1.41. The molecule has 0 aromatic rings. The smallest absolute Gasteiger partial charge is 0.338 e. The van der Waals surface area contributed by atoms with Crippen LogP contribution in [0.15, 0.2) is 12.2 Å². The molecule has 0 radical (unpaired) electrons. The number of cyclic esters (lactones) is 1. The fourth-order valence-corrected chi connectivity index (χ4v) is 11.7. The first kappa shape index (κ1) is 22.8. The zero-order chi connectivity index (χ0) is 24.8. The van der Waals surface area contributed by atoms with Crippen LogP contribution >= 0.6 is 0 Å². The molecule has 7 rings (SSSR count). The lowest BCUT2D eigenvalue weighted by molar-refractivity contribution is -0.185. The van der Waals surface area contributed by atoms with Crippen molar-refractivity contribution in [3.63, 3.8) is 0 Å². The molecule has 5 saturated carbocycles. The molecule has 1 saturated heterocycles. The average Bonchev–Trinajstić information content (AvgIpc) is 3.21. The van der Waals surface area contributed by atoms with Crippen molar-refractivity contribution in [3.05, 3.63) is 12.2 Å². The summed E-state index contributed by atoms with van der Waals surface area (Å²) >= 11 is 0. The van der Waals surface area contributed by atoms with Gasteiger partial charge in [0, 0.05) is 23.3 Å². The second-order valence-electron chi connectivity index (χ2n) is 14.8. The molecule has 5 aliphatic carbocycles. The highest BCUT2D eigenvalue weighted by atomic mass is 16.6. The maximum Gasteiger partial charge on any atom is 0.338 e. The molecular weight excluding hydrogens is 440 g/mol. The van der Waals surface area contributed by atoms with Crippen LogP contribution in [0.4, 0.5) is 0 Å². The number of rotatable bonds is 1. The van der Waals surface area contributed by atoms with Gasteiger partial charge in [0.25, 0.3) is 0 Å². The number of aliphatic hydroxyl groups is 1. The minimum absolute atomic E-state index is 0.0236. The summed E-state index contributed by atoms with van der Waals surface area (Å²) in [6, 6.07) is 0. The average molecular weight is 483 g/mol. The van der Waals surface area contributed by atoms with Crippen molar-refractivity contribution in [2.45, 2.75) is 110 Å². The third-order valence-corrected chi connectivity index (χ3v) is 13.7. The van der Waals surface area contributed by atoms with E-state index in [1.807, 2.05) is 0 Å². The lowest BCUT2D eigenvalue weighted by atomic mass is 9.43. The van der Waals surface area contributed by atoms with Gasteiger partial charge in [0.2, 0.25) is 0 Å². The Bertz CT molecular complexity index is 1040. The molecule has 5 nitrogen and oxygen atoms in total. The van der Waals surface area contributed by atoms with Crippen molar-refractivity contribution in [2.75, 3.05) is 0 Å². The van der Waals surface area contributed by atoms with Gasteiger partial charge in [-0.2, -0.15) is 0 Å². The van der Waals surface area contributed by atoms with Crippen LogP contribution in [0.5, 0.6) is 0 Å². The van der Waals surface area contributed by atoms with E-state index < -0.39 is 17.2 Å². The third kappa shape index (κ3) is 2.46. The predicted octanol–water partition coefficient (Wildman–Crippen LogP) is 5.20. The molecule has 7 aliphatic rings. The van der Waals surface area contributed by atoms with Gasteiger partial charge in [-0.05, 0) is 113 Å². The summed E-state index contributed by atoms with van der Waals surface area (Å²) in [6.45, 7) is 11.1. The van der Waals surface area contributed by atoms with Gasteiger partial charge in [-0.3, -0.25) is 0 Å². The Labute approximate surface area is 209 Å². The first-order chi connectivity index (χ1) is 16.3. The lowest BCUT2D eigenvalue weighted by Gasteiger charge is -2.61. The summed E-state index contributed by atoms with van der Waals surface area (Å²) in [7, 11) is 0. The van der Waals surface area contributed by atoms with E-state index in [9.17, 15) is 14.7 Å². The highest BCUT2D eigenvalue weighted by Crippen LogP contribution is 2.87. The molecule has 192 valence electrons. The standard InChI is InChI=1S/C30H42O5/c1-25(2)21-6-7-22-27(4)10-8-19(18-14-17-15-20(18)34-24(32)28(17,5)33)26(27,3)12-13-30(22)16-29(21,30)11-9-23(31)35-25/h9,11,17-22,33H,6-8,10,12-16H2,1-5H3. The second-order valence-corrected chi connectivity index (χ2v) is 14.8. The van der Waals surface area contributed by atoms with E-state index in [1.165, 1.54) is 38.5 Å². The zero-order valence-electron chi connectivity index (χ0n) is 22.1. The molecule has 11 atom stereocenters. The van der Waals surface area contributed by atoms with Gasteiger partial charge < -0.3 is 14.6 Å². The molecule has 2 bridgehead atoms. The van der Waals surface area contributed by atoms with Crippen LogP contribution in [-0.4, -0.2) is 34.4 Å². The highest BCUT2D eigenvalue weighted by molar-refractivity contribution is 5.83. The molecule has 11 unspecified atom stereocenters. The number of fused-ring (bicyclic) bond motifs is 4. The lowest BCUT2D eigenvalue weighted by Crippen LogP contribution is -2.56. The zero-order valence-corrected chi connectivity index (χ0v) is 22.1. The van der Waals surface area contributed by atoms with Crippen molar-refractivity contribution in [2.24, 2.45) is 51.2 Å². The first-order valence-corrected chi connectivity index (χ1v) is 14.2. The Morgan fingerprint density at radius 1 is 0.914 bits per heavy atom. The van der Waals surface area contributed by atoms with Crippen molar-refractivity contribution >= 4 is 11.9 Å². The molecule has 0 aromatic heterocycles. The SMILES string of the molecule is CC1(C)OC(=O)C=CC23CC24CCC2(C)C(C5CC6CC5OC(=O)C6(C)O)CCC2(C)C4CCC13. The van der Waals surface area contributed by atoms with E-state index in [-0.39, 0.29) is 34.2 Å². The van der Waals surface area contributed by atoms with Gasteiger partial charge in [-0.15, -0.1) is 0 Å². The summed E-state index contributed by atoms with van der Waals surface area (Å²) in [5, 5.41) is 10.8. The van der Waals surface area contributed by atoms with Gasteiger partial charge in [0.15, 0.2) is 5.60 Å². The molecular formula is C30H42O5. The normalized spacial score (nSPS) is 59.4. The fraction of sp³-hybridized carbons (Fsp3) is 0.867. The first-order valence-electron chi connectivity index (χ1n) is 14.2. The van der Waals surface area contributed by atoms with Crippen LogP contribution in [0.25, 0.3) is 0 Å². The third-order valence-electron chi connectivity index (χ3n) is 13.7. The monoisotopic (exact) mass is 482 g/mol. The van der Waals surface area contributed by atoms with Crippen molar-refractivity contribution < 1.29 is 24.2 Å². The van der Waals surface area contributed by atoms with E-state index in [0.717, 1.165) is 19.3 Å². The topological polar surface area (TPSA) is 72.8 Å². The highest BCUT2D eigenvalue weighted by Gasteiger charge is 2.81. The van der Waals surface area contributed by atoms with Crippen LogP contribution in [0.2, 0.25) is 0 Å². The minimum Gasteiger partial charge on any atom is -0.460 e. The Hall–Kier alpha value is -1.36. The van der Waals surface area contributed by atoms with Gasteiger partial charge >= 0.3 is 11.9 Å². The summed E-state index contributed by atoms with van der Waals surface area (Å²) in [6.07, 6.45) is 14.2. The molecule has 0 amide bonds. The molecule has 2 heterocycles. The van der Waals surface area contributed by atoms with Crippen molar-refractivity contribution in [3.8, 4) is 0 Å². The van der Waals surface area contributed by atoms with Gasteiger partial charge in [0.05, 0.1) is 0 Å². The maximum absolute atomic E-state index is 12.5. The Morgan fingerprint density at radius 3 is 2.43 bits per heavy atom. The van der Waals surface area contributed by atoms with Crippen LogP contribution in [0.3, 0.4) is 0 Å².